The summed E-state index contributed by atoms with van der Waals surface area (Å²) >= 11 is 6.72. The first kappa shape index (κ1) is 16.0. The summed E-state index contributed by atoms with van der Waals surface area (Å²) < 4.78 is 71.3. The lowest BCUT2D eigenvalue weighted by Gasteiger charge is -2.17. The maximum Gasteiger partial charge on any atom is 0.207 e. The summed E-state index contributed by atoms with van der Waals surface area (Å²) in [6, 6.07) is 2.97. The van der Waals surface area contributed by atoms with Gasteiger partial charge in [0, 0.05) is 11.4 Å². The molecule has 0 aliphatic heterocycles. The van der Waals surface area contributed by atoms with Crippen molar-refractivity contribution in [2.45, 2.75) is 6.10 Å². The zero-order chi connectivity index (χ0) is 15.7. The first-order valence-electron chi connectivity index (χ1n) is 5.50. The van der Waals surface area contributed by atoms with Gasteiger partial charge in [-0.15, -0.1) is 11.3 Å². The molecule has 0 spiro atoms. The van der Waals surface area contributed by atoms with Crippen LogP contribution in [-0.4, -0.2) is 6.54 Å². The lowest BCUT2D eigenvalue weighted by atomic mass is 10.2. The summed E-state index contributed by atoms with van der Waals surface area (Å²) in [6.07, 6.45) is -1.09. The minimum Gasteiger partial charge on any atom is -0.477 e. The standard InChI is InChI=1S/C12H7ClF5NOS/c13-6-2-1-5(21-6)4(3-19)20-12-10(17)8(15)7(14)9(16)11(12)18/h1-2,4H,3,19H2. The molecular formula is C12H7ClF5NOS. The predicted octanol–water partition coefficient (Wildman–Crippen LogP) is 4.18. The van der Waals surface area contributed by atoms with Gasteiger partial charge in [0.1, 0.15) is 6.10 Å². The SMILES string of the molecule is NCC(Oc1c(F)c(F)c(F)c(F)c1F)c1ccc(Cl)s1. The topological polar surface area (TPSA) is 35.2 Å². The Bertz CT molecular complexity index is 649. The Balaban J connectivity index is 2.43. The molecular weight excluding hydrogens is 337 g/mol. The van der Waals surface area contributed by atoms with E-state index in [1.807, 2.05) is 0 Å². The molecule has 1 heterocycles. The molecule has 1 aromatic heterocycles. The normalized spacial score (nSPS) is 12.5. The molecule has 0 saturated carbocycles. The molecule has 2 nitrogen and oxygen atoms in total. The summed E-state index contributed by atoms with van der Waals surface area (Å²) in [5.74, 6) is -11.9. The average Bonchev–Trinajstić information content (AvgIpc) is 2.90. The van der Waals surface area contributed by atoms with Gasteiger partial charge in [-0.25, -0.2) is 13.2 Å². The van der Waals surface area contributed by atoms with Gasteiger partial charge in [-0.2, -0.15) is 8.78 Å². The number of rotatable bonds is 4. The van der Waals surface area contributed by atoms with E-state index in [4.69, 9.17) is 22.1 Å². The molecule has 1 unspecified atom stereocenters. The van der Waals surface area contributed by atoms with E-state index in [2.05, 4.69) is 0 Å². The van der Waals surface area contributed by atoms with Crippen molar-refractivity contribution >= 4 is 22.9 Å². The second kappa shape index (κ2) is 6.17. The lowest BCUT2D eigenvalue weighted by Crippen LogP contribution is -2.19. The fourth-order valence-corrected chi connectivity index (χ4v) is 2.66. The molecule has 1 atom stereocenters. The van der Waals surface area contributed by atoms with Gasteiger partial charge in [0.25, 0.3) is 0 Å². The van der Waals surface area contributed by atoms with Gasteiger partial charge in [-0.05, 0) is 12.1 Å². The molecule has 0 aliphatic rings. The van der Waals surface area contributed by atoms with Crippen LogP contribution < -0.4 is 10.5 Å². The van der Waals surface area contributed by atoms with E-state index in [1.165, 1.54) is 12.1 Å². The second-order valence-corrected chi connectivity index (χ2v) is 5.63. The smallest absolute Gasteiger partial charge is 0.207 e. The van der Waals surface area contributed by atoms with Gasteiger partial charge >= 0.3 is 0 Å². The number of hydrogen-bond donors (Lipinski definition) is 1. The van der Waals surface area contributed by atoms with Crippen LogP contribution in [0.15, 0.2) is 12.1 Å². The highest BCUT2D eigenvalue weighted by molar-refractivity contribution is 7.16. The third kappa shape index (κ3) is 2.97. The highest BCUT2D eigenvalue weighted by Crippen LogP contribution is 2.34. The summed E-state index contributed by atoms with van der Waals surface area (Å²) in [5, 5.41) is 0. The van der Waals surface area contributed by atoms with E-state index >= 15 is 0 Å². The predicted molar refractivity (Wildman–Crippen MR) is 68.0 cm³/mol. The Labute approximate surface area is 124 Å². The third-order valence-electron chi connectivity index (χ3n) is 2.56. The Kier molecular flexibility index (Phi) is 4.70. The zero-order valence-corrected chi connectivity index (χ0v) is 11.7. The zero-order valence-electron chi connectivity index (χ0n) is 10.1. The molecule has 2 N–H and O–H groups in total. The number of hydrogen-bond acceptors (Lipinski definition) is 3. The summed E-state index contributed by atoms with van der Waals surface area (Å²) in [6.45, 7) is -0.240. The first-order valence-corrected chi connectivity index (χ1v) is 6.69. The highest BCUT2D eigenvalue weighted by Gasteiger charge is 2.29. The number of nitrogens with two attached hydrogens (primary N) is 1. The van der Waals surface area contributed by atoms with Crippen LogP contribution >= 0.6 is 22.9 Å². The monoisotopic (exact) mass is 343 g/mol. The highest BCUT2D eigenvalue weighted by atomic mass is 35.5. The van der Waals surface area contributed by atoms with Gasteiger partial charge in [-0.1, -0.05) is 11.6 Å². The fraction of sp³-hybridized carbons (Fsp3) is 0.167. The van der Waals surface area contributed by atoms with Crippen LogP contribution in [0.2, 0.25) is 4.34 Å². The molecule has 1 aromatic carbocycles. The minimum atomic E-state index is -2.25. The molecule has 2 rings (SSSR count). The average molecular weight is 344 g/mol. The quantitative estimate of drug-likeness (QED) is 0.513. The van der Waals surface area contributed by atoms with Crippen molar-refractivity contribution in [3.8, 4) is 5.75 Å². The maximum absolute atomic E-state index is 13.5. The number of benzene rings is 1. The van der Waals surface area contributed by atoms with Crippen LogP contribution in [0.5, 0.6) is 5.75 Å². The minimum absolute atomic E-state index is 0.240. The van der Waals surface area contributed by atoms with Crippen molar-refractivity contribution in [3.63, 3.8) is 0 Å². The van der Waals surface area contributed by atoms with Crippen molar-refractivity contribution in [3.05, 3.63) is 50.4 Å². The van der Waals surface area contributed by atoms with E-state index in [9.17, 15) is 22.0 Å². The fourth-order valence-electron chi connectivity index (χ4n) is 1.55. The van der Waals surface area contributed by atoms with E-state index in [-0.39, 0.29) is 6.54 Å². The van der Waals surface area contributed by atoms with Crippen molar-refractivity contribution in [2.75, 3.05) is 6.54 Å². The Hall–Kier alpha value is -1.38. The van der Waals surface area contributed by atoms with Crippen molar-refractivity contribution in [1.29, 1.82) is 0 Å². The van der Waals surface area contributed by atoms with Gasteiger partial charge in [0.05, 0.1) is 4.34 Å². The van der Waals surface area contributed by atoms with Crippen LogP contribution in [0.4, 0.5) is 22.0 Å². The van der Waals surface area contributed by atoms with Gasteiger partial charge < -0.3 is 10.5 Å². The van der Waals surface area contributed by atoms with E-state index in [0.29, 0.717) is 9.21 Å². The van der Waals surface area contributed by atoms with E-state index < -0.39 is 40.9 Å². The molecule has 114 valence electrons. The molecule has 9 heteroatoms. The van der Waals surface area contributed by atoms with Gasteiger partial charge in [-0.3, -0.25) is 0 Å². The summed E-state index contributed by atoms with van der Waals surface area (Å²) in [5.41, 5.74) is 5.40. The van der Waals surface area contributed by atoms with Gasteiger partial charge in [0.15, 0.2) is 5.75 Å². The number of halogens is 6. The largest absolute Gasteiger partial charge is 0.477 e. The third-order valence-corrected chi connectivity index (χ3v) is 3.88. The maximum atomic E-state index is 13.5. The lowest BCUT2D eigenvalue weighted by molar-refractivity contribution is 0.188. The molecule has 0 aliphatic carbocycles. The molecule has 21 heavy (non-hydrogen) atoms. The second-order valence-electron chi connectivity index (χ2n) is 3.88. The molecule has 0 amide bonds. The van der Waals surface area contributed by atoms with Gasteiger partial charge in [0.2, 0.25) is 29.1 Å². The van der Waals surface area contributed by atoms with E-state index in [1.54, 1.807) is 0 Å². The van der Waals surface area contributed by atoms with Crippen LogP contribution in [0, 0.1) is 29.1 Å². The Morgan fingerprint density at radius 2 is 1.52 bits per heavy atom. The molecule has 0 radical (unpaired) electrons. The number of thiophene rings is 1. The summed E-state index contributed by atoms with van der Waals surface area (Å²) in [4.78, 5) is 0.395. The van der Waals surface area contributed by atoms with Crippen LogP contribution in [0.3, 0.4) is 0 Å². The van der Waals surface area contributed by atoms with Crippen LogP contribution in [0.1, 0.15) is 11.0 Å². The molecule has 2 aromatic rings. The van der Waals surface area contributed by atoms with E-state index in [0.717, 1.165) is 11.3 Å². The molecule has 0 saturated heterocycles. The summed E-state index contributed by atoms with van der Waals surface area (Å²) in [7, 11) is 0. The van der Waals surface area contributed by atoms with Crippen LogP contribution in [0.25, 0.3) is 0 Å². The number of ether oxygens (including phenoxy) is 1. The van der Waals surface area contributed by atoms with Crippen molar-refractivity contribution in [2.24, 2.45) is 5.73 Å². The van der Waals surface area contributed by atoms with Crippen molar-refractivity contribution < 1.29 is 26.7 Å². The Morgan fingerprint density at radius 3 is 1.95 bits per heavy atom. The Morgan fingerprint density at radius 1 is 1.00 bits per heavy atom. The first-order chi connectivity index (χ1) is 9.86. The van der Waals surface area contributed by atoms with Crippen molar-refractivity contribution in [1.82, 2.24) is 0 Å². The molecule has 0 bridgehead atoms. The van der Waals surface area contributed by atoms with Crippen LogP contribution in [-0.2, 0) is 0 Å². The molecule has 0 fully saturated rings.